The molecule has 148 valence electrons. The van der Waals surface area contributed by atoms with Crippen molar-refractivity contribution in [1.29, 1.82) is 0 Å². The predicted octanol–water partition coefficient (Wildman–Crippen LogP) is 2.28. The number of benzene rings is 1. The molecule has 1 fully saturated rings. The number of carbonyl (C=O) groups is 2. The van der Waals surface area contributed by atoms with Gasteiger partial charge in [0.2, 0.25) is 0 Å². The largest absolute Gasteiger partial charge is 0.464 e. The summed E-state index contributed by atoms with van der Waals surface area (Å²) in [5.41, 5.74) is -0.370. The number of ether oxygens (including phenoxy) is 2. The van der Waals surface area contributed by atoms with Gasteiger partial charge in [0.25, 0.3) is 11.5 Å². The van der Waals surface area contributed by atoms with Crippen LogP contribution in [0.25, 0.3) is 0 Å². The highest BCUT2D eigenvalue weighted by Gasteiger charge is 2.49. The predicted molar refractivity (Wildman–Crippen MR) is 91.8 cm³/mol. The third-order valence-electron chi connectivity index (χ3n) is 4.18. The number of nitrogens with one attached hydrogen (secondary N) is 1. The molecule has 2 aromatic rings. The van der Waals surface area contributed by atoms with Crippen molar-refractivity contribution in [2.75, 3.05) is 13.7 Å². The summed E-state index contributed by atoms with van der Waals surface area (Å²) >= 11 is 0. The lowest BCUT2D eigenvalue weighted by Gasteiger charge is -2.22. The van der Waals surface area contributed by atoms with Gasteiger partial charge in [-0.2, -0.15) is 0 Å². The maximum Gasteiger partial charge on any atom is 0.410 e. The summed E-state index contributed by atoms with van der Waals surface area (Å²) in [4.78, 5) is 42.9. The second-order valence-electron chi connectivity index (χ2n) is 6.25. The lowest BCUT2D eigenvalue weighted by atomic mass is 10.1. The highest BCUT2D eigenvalue weighted by molar-refractivity contribution is 5.86. The molecule has 1 aliphatic heterocycles. The first-order valence-corrected chi connectivity index (χ1v) is 8.34. The fourth-order valence-corrected chi connectivity index (χ4v) is 2.90. The van der Waals surface area contributed by atoms with Crippen LogP contribution >= 0.6 is 0 Å². The number of carbonyl (C=O) groups excluding carboxylic acids is 2. The first-order chi connectivity index (χ1) is 13.3. The monoisotopic (exact) mass is 393 g/mol. The van der Waals surface area contributed by atoms with Crippen molar-refractivity contribution < 1.29 is 27.8 Å². The van der Waals surface area contributed by atoms with Gasteiger partial charge >= 0.3 is 12.1 Å². The molecule has 8 nitrogen and oxygen atoms in total. The zero-order valence-corrected chi connectivity index (χ0v) is 14.9. The van der Waals surface area contributed by atoms with E-state index in [2.05, 4.69) is 14.7 Å². The Hall–Kier alpha value is -3.30. The van der Waals surface area contributed by atoms with Crippen LogP contribution in [0.1, 0.15) is 34.3 Å². The second-order valence-corrected chi connectivity index (χ2v) is 6.25. The summed E-state index contributed by atoms with van der Waals surface area (Å²) in [6.07, 6.45) is -1.74. The van der Waals surface area contributed by atoms with Crippen LogP contribution in [-0.4, -0.2) is 46.5 Å². The number of rotatable bonds is 4. The fourth-order valence-electron chi connectivity index (χ4n) is 2.90. The minimum absolute atomic E-state index is 0.0966. The molecule has 0 radical (unpaired) electrons. The number of alkyl halides is 2. The summed E-state index contributed by atoms with van der Waals surface area (Å²) in [5.74, 6) is -4.33. The van der Waals surface area contributed by atoms with Crippen LogP contribution in [0.3, 0.4) is 0 Å². The van der Waals surface area contributed by atoms with Crippen molar-refractivity contribution in [3.8, 4) is 0 Å². The molecule has 0 saturated carbocycles. The topological polar surface area (TPSA) is 102 Å². The van der Waals surface area contributed by atoms with Crippen LogP contribution in [0, 0.1) is 0 Å². The Labute approximate surface area is 158 Å². The number of likely N-dealkylation sites (tertiary alicyclic amines) is 1. The van der Waals surface area contributed by atoms with Gasteiger partial charge in [-0.15, -0.1) is 0 Å². The van der Waals surface area contributed by atoms with E-state index in [0.29, 0.717) is 5.56 Å². The van der Waals surface area contributed by atoms with E-state index < -0.39 is 42.6 Å². The first-order valence-electron chi connectivity index (χ1n) is 8.34. The van der Waals surface area contributed by atoms with Crippen molar-refractivity contribution >= 4 is 12.1 Å². The van der Waals surface area contributed by atoms with Gasteiger partial charge in [-0.05, 0) is 5.56 Å². The van der Waals surface area contributed by atoms with E-state index in [1.807, 2.05) is 0 Å². The number of methoxy groups -OCH3 is 1. The van der Waals surface area contributed by atoms with E-state index in [4.69, 9.17) is 4.74 Å². The Bertz CT molecular complexity index is 932. The van der Waals surface area contributed by atoms with Crippen molar-refractivity contribution in [2.45, 2.75) is 25.0 Å². The highest BCUT2D eigenvalue weighted by atomic mass is 19.3. The van der Waals surface area contributed by atoms with Gasteiger partial charge < -0.3 is 14.5 Å². The third-order valence-corrected chi connectivity index (χ3v) is 4.18. The number of hydrogen-bond acceptors (Lipinski definition) is 6. The molecular weight excluding hydrogens is 376 g/mol. The number of H-pyrrole nitrogens is 1. The van der Waals surface area contributed by atoms with E-state index in [9.17, 15) is 23.2 Å². The lowest BCUT2D eigenvalue weighted by Crippen LogP contribution is -2.34. The summed E-state index contributed by atoms with van der Waals surface area (Å²) < 4.78 is 37.7. The molecule has 1 aromatic carbocycles. The number of halogens is 2. The van der Waals surface area contributed by atoms with Gasteiger partial charge in [0, 0.05) is 12.5 Å². The van der Waals surface area contributed by atoms with E-state index >= 15 is 0 Å². The molecule has 0 aliphatic carbocycles. The molecule has 1 amide bonds. The Morgan fingerprint density at radius 2 is 2.04 bits per heavy atom. The maximum atomic E-state index is 14.0. The molecule has 10 heteroatoms. The van der Waals surface area contributed by atoms with E-state index in [1.165, 1.54) is 0 Å². The SMILES string of the molecule is COC(=O)c1cc(=O)[nH]c([C@@H]2CC(F)(F)CN2C(=O)OCc2ccccc2)n1. The smallest absolute Gasteiger partial charge is 0.410 e. The van der Waals surface area contributed by atoms with Crippen molar-refractivity contribution in [3.63, 3.8) is 0 Å². The molecule has 0 bridgehead atoms. The molecular formula is C18H17F2N3O5. The Balaban J connectivity index is 1.84. The van der Waals surface area contributed by atoms with E-state index in [1.54, 1.807) is 30.3 Å². The third kappa shape index (κ3) is 4.33. The zero-order chi connectivity index (χ0) is 20.3. The highest BCUT2D eigenvalue weighted by Crippen LogP contribution is 2.40. The Morgan fingerprint density at radius 1 is 1.32 bits per heavy atom. The van der Waals surface area contributed by atoms with E-state index in [-0.39, 0.29) is 18.1 Å². The molecule has 3 rings (SSSR count). The second kappa shape index (κ2) is 7.75. The molecule has 1 saturated heterocycles. The minimum atomic E-state index is -3.20. The summed E-state index contributed by atoms with van der Waals surface area (Å²) in [5, 5.41) is 0. The molecule has 1 aliphatic rings. The van der Waals surface area contributed by atoms with Gasteiger partial charge in [0.05, 0.1) is 19.7 Å². The lowest BCUT2D eigenvalue weighted by molar-refractivity contribution is 0.0101. The van der Waals surface area contributed by atoms with Gasteiger partial charge in [-0.25, -0.2) is 23.4 Å². The molecule has 0 spiro atoms. The Morgan fingerprint density at radius 3 is 2.71 bits per heavy atom. The molecule has 28 heavy (non-hydrogen) atoms. The van der Waals surface area contributed by atoms with Gasteiger partial charge in [0.1, 0.15) is 12.4 Å². The summed E-state index contributed by atoms with van der Waals surface area (Å²) in [6.45, 7) is -0.988. The molecule has 0 unspecified atom stereocenters. The van der Waals surface area contributed by atoms with Gasteiger partial charge in [-0.3, -0.25) is 9.69 Å². The quantitative estimate of drug-likeness (QED) is 0.800. The maximum absolute atomic E-state index is 14.0. The number of amides is 1. The van der Waals surface area contributed by atoms with Gasteiger partial charge in [0.15, 0.2) is 5.69 Å². The van der Waals surface area contributed by atoms with Crippen molar-refractivity contribution in [2.24, 2.45) is 0 Å². The van der Waals surface area contributed by atoms with Crippen LogP contribution in [0.2, 0.25) is 0 Å². The number of nitrogens with zero attached hydrogens (tertiary/aromatic N) is 2. The average molecular weight is 393 g/mol. The zero-order valence-electron chi connectivity index (χ0n) is 14.9. The van der Waals surface area contributed by atoms with Gasteiger partial charge in [-0.1, -0.05) is 30.3 Å². The fraction of sp³-hybridized carbons (Fsp3) is 0.333. The van der Waals surface area contributed by atoms with Crippen LogP contribution in [0.15, 0.2) is 41.2 Å². The van der Waals surface area contributed by atoms with Crippen LogP contribution in [-0.2, 0) is 16.1 Å². The van der Waals surface area contributed by atoms with Crippen molar-refractivity contribution in [3.05, 3.63) is 63.8 Å². The molecule has 2 heterocycles. The number of aromatic amines is 1. The Kier molecular flexibility index (Phi) is 5.39. The molecule has 1 aromatic heterocycles. The van der Waals surface area contributed by atoms with Crippen LogP contribution in [0.4, 0.5) is 13.6 Å². The average Bonchev–Trinajstić information content (AvgIpc) is 3.01. The summed E-state index contributed by atoms with van der Waals surface area (Å²) in [6, 6.07) is 8.38. The van der Waals surface area contributed by atoms with Crippen molar-refractivity contribution in [1.82, 2.24) is 14.9 Å². The molecule has 1 atom stereocenters. The number of hydrogen-bond donors (Lipinski definition) is 1. The van der Waals surface area contributed by atoms with Crippen LogP contribution < -0.4 is 5.56 Å². The standard InChI is InChI=1S/C18H17F2N3O5/c1-27-16(25)12-7-14(24)22-15(21-12)13-8-18(19,20)10-23(13)17(26)28-9-11-5-3-2-4-6-11/h2-7,13H,8-10H2,1H3,(H,21,22,24)/t13-/m0/s1. The molecule has 1 N–H and O–H groups in total. The summed E-state index contributed by atoms with van der Waals surface area (Å²) in [7, 11) is 1.10. The first kappa shape index (κ1) is 19.5. The minimum Gasteiger partial charge on any atom is -0.464 e. The number of esters is 1. The van der Waals surface area contributed by atoms with Crippen LogP contribution in [0.5, 0.6) is 0 Å². The normalized spacial score (nSPS) is 18.0. The number of aromatic nitrogens is 2. The van der Waals surface area contributed by atoms with E-state index in [0.717, 1.165) is 18.1 Å².